The van der Waals surface area contributed by atoms with Crippen molar-refractivity contribution in [2.24, 2.45) is 14.1 Å². The molecule has 0 radical (unpaired) electrons. The van der Waals surface area contributed by atoms with Crippen molar-refractivity contribution in [3.63, 3.8) is 0 Å². The molecule has 0 unspecified atom stereocenters. The van der Waals surface area contributed by atoms with E-state index in [1.807, 2.05) is 36.7 Å². The topological polar surface area (TPSA) is 87.2 Å². The van der Waals surface area contributed by atoms with E-state index < -0.39 is 5.69 Å². The van der Waals surface area contributed by atoms with Crippen molar-refractivity contribution < 1.29 is 4.74 Å². The Morgan fingerprint density at radius 3 is 2.64 bits per heavy atom. The highest BCUT2D eigenvalue weighted by Crippen LogP contribution is 2.26. The van der Waals surface area contributed by atoms with E-state index in [0.29, 0.717) is 23.7 Å². The summed E-state index contributed by atoms with van der Waals surface area (Å²) in [5.74, 6) is 0. The van der Waals surface area contributed by atoms with E-state index in [4.69, 9.17) is 4.74 Å². The molecule has 33 heavy (non-hydrogen) atoms. The van der Waals surface area contributed by atoms with E-state index in [1.165, 1.54) is 11.6 Å². The Kier molecular flexibility index (Phi) is 5.53. The lowest BCUT2D eigenvalue weighted by atomic mass is 10.1. The highest BCUT2D eigenvalue weighted by atomic mass is 32.1. The quantitative estimate of drug-likeness (QED) is 0.449. The summed E-state index contributed by atoms with van der Waals surface area (Å²) in [7, 11) is 3.12. The molecule has 1 aliphatic rings. The molecule has 0 saturated carbocycles. The van der Waals surface area contributed by atoms with Crippen molar-refractivity contribution in [1.29, 1.82) is 0 Å². The van der Waals surface area contributed by atoms with Gasteiger partial charge in [0.15, 0.2) is 16.3 Å². The maximum Gasteiger partial charge on any atom is 0.332 e. The van der Waals surface area contributed by atoms with E-state index in [0.717, 1.165) is 46.8 Å². The smallest absolute Gasteiger partial charge is 0.332 e. The van der Waals surface area contributed by atoms with Gasteiger partial charge in [0, 0.05) is 51.6 Å². The van der Waals surface area contributed by atoms with Crippen LogP contribution in [0, 0.1) is 6.92 Å². The fraction of sp³-hybridized carbons (Fsp3) is 0.391. The standard InChI is InChI=1S/C23H26N6O3S/c1-15-5-4-6-16(13-15)14-29-18-19(26(2)23(31)27(3)20(18)30)25-21(29)32-17-7-10-28(11-8-17)22-24-9-12-33-22/h4-6,9,12-13,17H,7-8,10-11,14H2,1-3H3. The van der Waals surface area contributed by atoms with E-state index >= 15 is 0 Å². The average Bonchev–Trinajstić information content (AvgIpc) is 3.46. The summed E-state index contributed by atoms with van der Waals surface area (Å²) in [4.78, 5) is 36.9. The molecule has 10 heteroatoms. The van der Waals surface area contributed by atoms with Crippen molar-refractivity contribution in [3.05, 3.63) is 67.8 Å². The van der Waals surface area contributed by atoms with Gasteiger partial charge in [-0.3, -0.25) is 18.5 Å². The first-order valence-electron chi connectivity index (χ1n) is 11.0. The van der Waals surface area contributed by atoms with Gasteiger partial charge in [-0.25, -0.2) is 9.78 Å². The Hall–Kier alpha value is -3.40. The van der Waals surface area contributed by atoms with Crippen LogP contribution in [0.25, 0.3) is 11.2 Å². The van der Waals surface area contributed by atoms with Crippen LogP contribution in [0.5, 0.6) is 6.01 Å². The molecule has 0 amide bonds. The third kappa shape index (κ3) is 3.95. The summed E-state index contributed by atoms with van der Waals surface area (Å²) in [6.07, 6.45) is 3.44. The predicted octanol–water partition coefficient (Wildman–Crippen LogP) is 2.29. The number of imidazole rings is 1. The molecule has 0 spiro atoms. The minimum Gasteiger partial charge on any atom is -0.461 e. The molecule has 0 aliphatic carbocycles. The van der Waals surface area contributed by atoms with Crippen LogP contribution < -0.4 is 20.9 Å². The molecule has 172 valence electrons. The van der Waals surface area contributed by atoms with Crippen LogP contribution in [0.3, 0.4) is 0 Å². The van der Waals surface area contributed by atoms with Gasteiger partial charge in [0.05, 0.1) is 6.54 Å². The molecule has 5 rings (SSSR count). The number of piperidine rings is 1. The van der Waals surface area contributed by atoms with Gasteiger partial charge < -0.3 is 9.64 Å². The summed E-state index contributed by atoms with van der Waals surface area (Å²) in [6, 6.07) is 8.49. The molecule has 4 aromatic rings. The first kappa shape index (κ1) is 21.4. The Balaban J connectivity index is 1.51. The second kappa shape index (κ2) is 8.51. The molecule has 9 nitrogen and oxygen atoms in total. The number of anilines is 1. The fourth-order valence-electron chi connectivity index (χ4n) is 4.34. The van der Waals surface area contributed by atoms with Crippen LogP contribution in [0.2, 0.25) is 0 Å². The van der Waals surface area contributed by atoms with Crippen LogP contribution in [0.4, 0.5) is 5.13 Å². The zero-order valence-corrected chi connectivity index (χ0v) is 19.7. The molecule has 0 N–H and O–H groups in total. The normalized spacial score (nSPS) is 14.8. The zero-order chi connectivity index (χ0) is 23.1. The van der Waals surface area contributed by atoms with E-state index in [-0.39, 0.29) is 11.7 Å². The number of aromatic nitrogens is 5. The highest BCUT2D eigenvalue weighted by Gasteiger charge is 2.26. The number of nitrogens with zero attached hydrogens (tertiary/aromatic N) is 6. The molecule has 1 aromatic carbocycles. The number of hydrogen-bond donors (Lipinski definition) is 0. The number of hydrogen-bond acceptors (Lipinski definition) is 7. The SMILES string of the molecule is Cc1cccc(Cn2c(OC3CCN(c4nccs4)CC3)nc3c2c(=O)n(C)c(=O)n3C)c1. The maximum atomic E-state index is 13.1. The van der Waals surface area contributed by atoms with Crippen molar-refractivity contribution in [2.45, 2.75) is 32.4 Å². The Labute approximate surface area is 194 Å². The summed E-state index contributed by atoms with van der Waals surface area (Å²) in [6.45, 7) is 4.15. The first-order chi connectivity index (χ1) is 15.9. The number of benzene rings is 1. The average molecular weight is 467 g/mol. The molecule has 1 fully saturated rings. The van der Waals surface area contributed by atoms with Crippen LogP contribution in [-0.2, 0) is 20.6 Å². The monoisotopic (exact) mass is 466 g/mol. The Bertz CT molecular complexity index is 1410. The Morgan fingerprint density at radius 2 is 1.94 bits per heavy atom. The molecular weight excluding hydrogens is 440 g/mol. The van der Waals surface area contributed by atoms with Gasteiger partial charge in [0.2, 0.25) is 0 Å². The summed E-state index contributed by atoms with van der Waals surface area (Å²) in [5.41, 5.74) is 2.10. The third-order valence-corrected chi connectivity index (χ3v) is 6.97. The van der Waals surface area contributed by atoms with Crippen molar-refractivity contribution in [2.75, 3.05) is 18.0 Å². The van der Waals surface area contributed by atoms with Gasteiger partial charge in [0.25, 0.3) is 11.6 Å². The van der Waals surface area contributed by atoms with Crippen molar-refractivity contribution in [3.8, 4) is 6.01 Å². The van der Waals surface area contributed by atoms with Crippen LogP contribution in [-0.4, -0.2) is 42.9 Å². The number of aryl methyl sites for hydroxylation is 2. The van der Waals surface area contributed by atoms with Gasteiger partial charge >= 0.3 is 5.69 Å². The number of ether oxygens (including phenoxy) is 1. The lowest BCUT2D eigenvalue weighted by Gasteiger charge is -2.31. The van der Waals surface area contributed by atoms with Gasteiger partial charge in [-0.05, 0) is 12.5 Å². The van der Waals surface area contributed by atoms with Gasteiger partial charge in [0.1, 0.15) is 6.10 Å². The number of rotatable bonds is 5. The second-order valence-electron chi connectivity index (χ2n) is 8.47. The number of thiazole rings is 1. The van der Waals surface area contributed by atoms with E-state index in [9.17, 15) is 9.59 Å². The van der Waals surface area contributed by atoms with Crippen LogP contribution in [0.1, 0.15) is 24.0 Å². The third-order valence-electron chi connectivity index (χ3n) is 6.14. The van der Waals surface area contributed by atoms with Gasteiger partial charge in [-0.1, -0.05) is 29.8 Å². The maximum absolute atomic E-state index is 13.1. The molecular formula is C23H26N6O3S. The predicted molar refractivity (Wildman–Crippen MR) is 128 cm³/mol. The fourth-order valence-corrected chi connectivity index (χ4v) is 5.04. The van der Waals surface area contributed by atoms with E-state index in [1.54, 1.807) is 23.0 Å². The number of fused-ring (bicyclic) bond motifs is 1. The first-order valence-corrected chi connectivity index (χ1v) is 11.8. The second-order valence-corrected chi connectivity index (χ2v) is 9.34. The van der Waals surface area contributed by atoms with Crippen molar-refractivity contribution >= 4 is 27.6 Å². The van der Waals surface area contributed by atoms with Crippen LogP contribution in [0.15, 0.2) is 45.4 Å². The van der Waals surface area contributed by atoms with Gasteiger partial charge in [-0.15, -0.1) is 11.3 Å². The van der Waals surface area contributed by atoms with Crippen LogP contribution >= 0.6 is 11.3 Å². The lowest BCUT2D eigenvalue weighted by Crippen LogP contribution is -2.38. The summed E-state index contributed by atoms with van der Waals surface area (Å²) < 4.78 is 10.7. The lowest BCUT2D eigenvalue weighted by molar-refractivity contribution is 0.151. The largest absolute Gasteiger partial charge is 0.461 e. The van der Waals surface area contributed by atoms with E-state index in [2.05, 4.69) is 20.9 Å². The molecule has 0 bridgehead atoms. The molecule has 1 saturated heterocycles. The van der Waals surface area contributed by atoms with Gasteiger partial charge in [-0.2, -0.15) is 4.98 Å². The minimum absolute atomic E-state index is 0.0323. The zero-order valence-electron chi connectivity index (χ0n) is 18.9. The minimum atomic E-state index is -0.406. The molecule has 4 heterocycles. The highest BCUT2D eigenvalue weighted by molar-refractivity contribution is 7.13. The summed E-state index contributed by atoms with van der Waals surface area (Å²) >= 11 is 1.64. The molecule has 1 aliphatic heterocycles. The van der Waals surface area contributed by atoms with Crippen molar-refractivity contribution in [1.82, 2.24) is 23.7 Å². The summed E-state index contributed by atoms with van der Waals surface area (Å²) in [5, 5.41) is 3.01. The molecule has 0 atom stereocenters. The molecule has 3 aromatic heterocycles. The Morgan fingerprint density at radius 1 is 1.15 bits per heavy atom.